The summed E-state index contributed by atoms with van der Waals surface area (Å²) in [4.78, 5) is 18.6. The van der Waals surface area contributed by atoms with Gasteiger partial charge in [0.1, 0.15) is 22.6 Å². The minimum absolute atomic E-state index is 0.334. The van der Waals surface area contributed by atoms with Crippen LogP contribution in [0.3, 0.4) is 0 Å². The number of carbonyl (C=O) groups is 1. The van der Waals surface area contributed by atoms with E-state index >= 15 is 0 Å². The highest BCUT2D eigenvalue weighted by atomic mass is 32.2. The number of hydrogen-bond donors (Lipinski definition) is 2. The molecule has 0 aliphatic heterocycles. The summed E-state index contributed by atoms with van der Waals surface area (Å²) in [5.41, 5.74) is 0.582. The van der Waals surface area contributed by atoms with Gasteiger partial charge in [0.2, 0.25) is 5.06 Å². The maximum absolute atomic E-state index is 13.2. The van der Waals surface area contributed by atoms with E-state index in [-0.39, 0.29) is 0 Å². The second-order valence-electron chi connectivity index (χ2n) is 5.80. The number of anilines is 2. The second kappa shape index (κ2) is 9.59. The van der Waals surface area contributed by atoms with Crippen LogP contribution in [0.25, 0.3) is 0 Å². The third-order valence-corrected chi connectivity index (χ3v) is 5.74. The van der Waals surface area contributed by atoms with Crippen LogP contribution in [0.4, 0.5) is 20.0 Å². The number of amides is 2. The lowest BCUT2D eigenvalue weighted by Gasteiger charge is -2.17. The van der Waals surface area contributed by atoms with E-state index in [1.165, 1.54) is 23.2 Å². The van der Waals surface area contributed by atoms with Crippen molar-refractivity contribution >= 4 is 39.2 Å². The van der Waals surface area contributed by atoms with Gasteiger partial charge < -0.3 is 4.74 Å². The van der Waals surface area contributed by atoms with Gasteiger partial charge in [0, 0.05) is 25.3 Å². The number of halogens is 1. The van der Waals surface area contributed by atoms with Crippen molar-refractivity contribution in [1.29, 1.82) is 0 Å². The number of ether oxygens (including phenoxy) is 1. The molecule has 1 aromatic heterocycles. The molecule has 7 nitrogen and oxygen atoms in total. The van der Waals surface area contributed by atoms with Gasteiger partial charge in [-0.2, -0.15) is 0 Å². The van der Waals surface area contributed by atoms with Crippen LogP contribution in [-0.2, 0) is 11.0 Å². The Balaban J connectivity index is 1.65. The molecule has 0 spiro atoms. The number of thiazole rings is 1. The Morgan fingerprint density at radius 2 is 2.07 bits per heavy atom. The highest BCUT2D eigenvalue weighted by Crippen LogP contribution is 2.30. The first-order valence-corrected chi connectivity index (χ1v) is 10.6. The molecular formula is C19H19FN4O3S2. The number of hydrogen-bond acceptors (Lipinski definition) is 5. The number of urea groups is 1. The van der Waals surface area contributed by atoms with Gasteiger partial charge in [-0.1, -0.05) is 30.4 Å². The zero-order chi connectivity index (χ0) is 20.8. The van der Waals surface area contributed by atoms with E-state index in [9.17, 15) is 13.4 Å². The molecule has 0 bridgehead atoms. The number of rotatable bonds is 7. The van der Waals surface area contributed by atoms with Crippen LogP contribution in [-0.4, -0.2) is 28.8 Å². The zero-order valence-corrected chi connectivity index (χ0v) is 17.3. The summed E-state index contributed by atoms with van der Waals surface area (Å²) in [6.45, 7) is 2.43. The SMILES string of the molecule is CCNS(=O)c1cccc(N(C)C(=O)Nc2ncc(Oc3cccc(F)c3)s2)c1. The van der Waals surface area contributed by atoms with E-state index in [1.807, 2.05) is 6.92 Å². The van der Waals surface area contributed by atoms with E-state index in [1.54, 1.807) is 43.4 Å². The lowest BCUT2D eigenvalue weighted by atomic mass is 10.3. The molecule has 2 aromatic carbocycles. The number of nitrogens with one attached hydrogen (secondary N) is 2. The lowest BCUT2D eigenvalue weighted by molar-refractivity contribution is 0.258. The van der Waals surface area contributed by atoms with Crippen LogP contribution in [0.5, 0.6) is 10.8 Å². The molecular weight excluding hydrogens is 415 g/mol. The summed E-state index contributed by atoms with van der Waals surface area (Å²) in [5, 5.41) is 3.43. The first-order valence-electron chi connectivity index (χ1n) is 8.65. The first-order chi connectivity index (χ1) is 14.0. The number of carbonyl (C=O) groups excluding carboxylic acids is 1. The Labute approximate surface area is 174 Å². The van der Waals surface area contributed by atoms with Gasteiger partial charge in [-0.05, 0) is 30.3 Å². The van der Waals surface area contributed by atoms with Crippen molar-refractivity contribution in [2.24, 2.45) is 0 Å². The van der Waals surface area contributed by atoms with Crippen LogP contribution in [0.1, 0.15) is 6.92 Å². The minimum Gasteiger partial charge on any atom is -0.445 e. The van der Waals surface area contributed by atoms with Crippen LogP contribution < -0.4 is 19.7 Å². The predicted molar refractivity (Wildman–Crippen MR) is 113 cm³/mol. The van der Waals surface area contributed by atoms with Crippen molar-refractivity contribution in [3.63, 3.8) is 0 Å². The van der Waals surface area contributed by atoms with Crippen LogP contribution in [0.15, 0.2) is 59.6 Å². The molecule has 3 rings (SSSR count). The van der Waals surface area contributed by atoms with Gasteiger partial charge in [0.05, 0.1) is 11.1 Å². The normalized spacial score (nSPS) is 11.7. The molecule has 3 aromatic rings. The average Bonchev–Trinajstić information content (AvgIpc) is 3.14. The van der Waals surface area contributed by atoms with Crippen molar-refractivity contribution in [2.75, 3.05) is 23.8 Å². The fourth-order valence-corrected chi connectivity index (χ4v) is 3.86. The van der Waals surface area contributed by atoms with Crippen molar-refractivity contribution < 1.29 is 18.1 Å². The minimum atomic E-state index is -1.34. The molecule has 10 heteroatoms. The van der Waals surface area contributed by atoms with Gasteiger partial charge in [0.25, 0.3) is 0 Å². The van der Waals surface area contributed by atoms with Crippen LogP contribution in [0, 0.1) is 5.82 Å². The monoisotopic (exact) mass is 434 g/mol. The zero-order valence-electron chi connectivity index (χ0n) is 15.7. The maximum Gasteiger partial charge on any atom is 0.327 e. The van der Waals surface area contributed by atoms with Gasteiger partial charge in [-0.3, -0.25) is 10.2 Å². The molecule has 1 atom stereocenters. The van der Waals surface area contributed by atoms with Crippen LogP contribution >= 0.6 is 11.3 Å². The Bertz CT molecular complexity index is 1030. The standard InChI is InChI=1S/C19H19FN4O3S2/c1-3-22-29(26)16-9-5-7-14(11-16)24(2)19(25)23-18-21-12-17(28-18)27-15-8-4-6-13(20)10-15/h4-12,22H,3H2,1-2H3,(H,21,23,25). The van der Waals surface area contributed by atoms with E-state index in [0.717, 1.165) is 11.3 Å². The second-order valence-corrected chi connectivity index (χ2v) is 8.09. The fourth-order valence-electron chi connectivity index (χ4n) is 2.33. The van der Waals surface area contributed by atoms with Gasteiger partial charge in [-0.15, -0.1) is 0 Å². The Morgan fingerprint density at radius 1 is 1.28 bits per heavy atom. The van der Waals surface area contributed by atoms with E-state index in [0.29, 0.717) is 33.1 Å². The molecule has 0 aliphatic rings. The van der Waals surface area contributed by atoms with Crippen molar-refractivity contribution in [1.82, 2.24) is 9.71 Å². The summed E-state index contributed by atoms with van der Waals surface area (Å²) in [6.07, 6.45) is 1.45. The molecule has 2 amide bonds. The molecule has 2 N–H and O–H groups in total. The average molecular weight is 435 g/mol. The lowest BCUT2D eigenvalue weighted by Crippen LogP contribution is -2.31. The van der Waals surface area contributed by atoms with E-state index < -0.39 is 22.8 Å². The third kappa shape index (κ3) is 5.59. The summed E-state index contributed by atoms with van der Waals surface area (Å²) < 4.78 is 33.7. The summed E-state index contributed by atoms with van der Waals surface area (Å²) in [6, 6.07) is 12.2. The topological polar surface area (TPSA) is 83.6 Å². The number of nitrogens with zero attached hydrogens (tertiary/aromatic N) is 2. The van der Waals surface area contributed by atoms with Crippen molar-refractivity contribution in [3.8, 4) is 10.8 Å². The van der Waals surface area contributed by atoms with Gasteiger partial charge in [0.15, 0.2) is 5.13 Å². The Hall–Kier alpha value is -2.82. The molecule has 0 saturated carbocycles. The van der Waals surface area contributed by atoms with Crippen molar-refractivity contribution in [2.45, 2.75) is 11.8 Å². The van der Waals surface area contributed by atoms with Crippen LogP contribution in [0.2, 0.25) is 0 Å². The van der Waals surface area contributed by atoms with E-state index in [2.05, 4.69) is 15.0 Å². The highest BCUT2D eigenvalue weighted by Gasteiger charge is 2.15. The Kier molecular flexibility index (Phi) is 6.91. The largest absolute Gasteiger partial charge is 0.445 e. The maximum atomic E-state index is 13.2. The summed E-state index contributed by atoms with van der Waals surface area (Å²) in [7, 11) is 0.258. The van der Waals surface area contributed by atoms with Gasteiger partial charge >= 0.3 is 6.03 Å². The number of aromatic nitrogens is 1. The van der Waals surface area contributed by atoms with Gasteiger partial charge in [-0.25, -0.2) is 23.1 Å². The molecule has 0 aliphatic carbocycles. The summed E-state index contributed by atoms with van der Waals surface area (Å²) in [5.74, 6) is -0.0615. The molecule has 1 heterocycles. The van der Waals surface area contributed by atoms with Crippen molar-refractivity contribution in [3.05, 3.63) is 60.5 Å². The Morgan fingerprint density at radius 3 is 2.83 bits per heavy atom. The molecule has 0 radical (unpaired) electrons. The molecule has 0 saturated heterocycles. The third-order valence-electron chi connectivity index (χ3n) is 3.71. The predicted octanol–water partition coefficient (Wildman–Crippen LogP) is 4.37. The van der Waals surface area contributed by atoms with E-state index in [4.69, 9.17) is 4.74 Å². The smallest absolute Gasteiger partial charge is 0.327 e. The molecule has 29 heavy (non-hydrogen) atoms. The summed E-state index contributed by atoms with van der Waals surface area (Å²) >= 11 is 1.12. The quantitative estimate of drug-likeness (QED) is 0.578. The molecule has 0 fully saturated rings. The number of benzene rings is 2. The first kappa shape index (κ1) is 20.9. The molecule has 152 valence electrons. The fraction of sp³-hybridized carbons (Fsp3) is 0.158. The highest BCUT2D eigenvalue weighted by molar-refractivity contribution is 7.83. The molecule has 1 unspecified atom stereocenters.